The number of hydrogen-bond donors (Lipinski definition) is 1. The molecule has 26 heavy (non-hydrogen) atoms. The van der Waals surface area contributed by atoms with Crippen LogP contribution in [0.25, 0.3) is 0 Å². The maximum absolute atomic E-state index is 6.31. The number of fused-ring (bicyclic) bond motifs is 1. The third-order valence-corrected chi connectivity index (χ3v) is 5.34. The molecule has 0 aromatic carbocycles. The Morgan fingerprint density at radius 3 is 2.31 bits per heavy atom. The van der Waals surface area contributed by atoms with Crippen molar-refractivity contribution < 1.29 is 9.47 Å². The van der Waals surface area contributed by atoms with Crippen LogP contribution in [0.2, 0.25) is 0 Å². The third kappa shape index (κ3) is 5.55. The number of aliphatic imine (C=N–C) groups is 1. The van der Waals surface area contributed by atoms with E-state index in [1.165, 1.54) is 68.9 Å². The molecular formula is C22H36N2O2. The molecule has 1 aliphatic carbocycles. The second-order valence-electron chi connectivity index (χ2n) is 7.33. The van der Waals surface area contributed by atoms with Gasteiger partial charge in [-0.15, -0.1) is 0 Å². The van der Waals surface area contributed by atoms with Crippen molar-refractivity contribution in [1.29, 1.82) is 0 Å². The monoisotopic (exact) mass is 360 g/mol. The zero-order chi connectivity index (χ0) is 18.8. The fourth-order valence-corrected chi connectivity index (χ4v) is 3.69. The van der Waals surface area contributed by atoms with Gasteiger partial charge in [0.25, 0.3) is 0 Å². The highest BCUT2D eigenvalue weighted by Crippen LogP contribution is 2.36. The number of hydrogen-bond acceptors (Lipinski definition) is 4. The topological polar surface area (TPSA) is 56.8 Å². The summed E-state index contributed by atoms with van der Waals surface area (Å²) in [6.45, 7) is 2.27. The van der Waals surface area contributed by atoms with E-state index in [2.05, 4.69) is 11.9 Å². The van der Waals surface area contributed by atoms with Crippen LogP contribution in [0.4, 0.5) is 0 Å². The number of rotatable bonds is 12. The van der Waals surface area contributed by atoms with Gasteiger partial charge in [0, 0.05) is 31.0 Å². The van der Waals surface area contributed by atoms with Gasteiger partial charge in [-0.2, -0.15) is 0 Å². The Kier molecular flexibility index (Phi) is 8.60. The molecule has 2 rings (SSSR count). The molecule has 1 aliphatic heterocycles. The molecule has 0 amide bonds. The Labute approximate surface area is 159 Å². The van der Waals surface area contributed by atoms with E-state index in [1.807, 2.05) is 18.4 Å². The molecule has 0 bridgehead atoms. The van der Waals surface area contributed by atoms with Gasteiger partial charge in [-0.3, -0.25) is 10.7 Å². The SMILES string of the molecule is CCCCCCCCCCCC1=C2C=C(OC)C(N)(OC)C=C2CC=N1. The Morgan fingerprint density at radius 1 is 1.04 bits per heavy atom. The second-order valence-corrected chi connectivity index (χ2v) is 7.33. The Morgan fingerprint density at radius 2 is 1.69 bits per heavy atom. The number of allylic oxidation sites excluding steroid dienone is 4. The lowest BCUT2D eigenvalue weighted by atomic mass is 9.88. The zero-order valence-corrected chi connectivity index (χ0v) is 16.9. The Hall–Kier alpha value is -1.39. The summed E-state index contributed by atoms with van der Waals surface area (Å²) >= 11 is 0. The second kappa shape index (κ2) is 10.7. The maximum Gasteiger partial charge on any atom is 0.194 e. The molecule has 4 heteroatoms. The van der Waals surface area contributed by atoms with E-state index in [1.54, 1.807) is 14.2 Å². The highest BCUT2D eigenvalue weighted by molar-refractivity contribution is 5.71. The highest BCUT2D eigenvalue weighted by Gasteiger charge is 2.34. The smallest absolute Gasteiger partial charge is 0.194 e. The van der Waals surface area contributed by atoms with Crippen molar-refractivity contribution >= 4 is 6.21 Å². The van der Waals surface area contributed by atoms with Crippen molar-refractivity contribution in [3.05, 3.63) is 34.8 Å². The quantitative estimate of drug-likeness (QED) is 0.374. The lowest BCUT2D eigenvalue weighted by Crippen LogP contribution is -2.44. The number of unbranched alkanes of at least 4 members (excludes halogenated alkanes) is 8. The van der Waals surface area contributed by atoms with Crippen molar-refractivity contribution in [1.82, 2.24) is 0 Å². The fraction of sp³-hybridized carbons (Fsp3) is 0.682. The molecule has 0 radical (unpaired) electrons. The zero-order valence-electron chi connectivity index (χ0n) is 16.9. The van der Waals surface area contributed by atoms with Crippen LogP contribution in [-0.4, -0.2) is 26.2 Å². The molecular weight excluding hydrogens is 324 g/mol. The fourth-order valence-electron chi connectivity index (χ4n) is 3.69. The minimum absolute atomic E-state index is 0.639. The molecule has 1 atom stereocenters. The number of methoxy groups -OCH3 is 2. The molecule has 0 spiro atoms. The van der Waals surface area contributed by atoms with Crippen molar-refractivity contribution in [2.45, 2.75) is 83.3 Å². The molecule has 2 N–H and O–H groups in total. The summed E-state index contributed by atoms with van der Waals surface area (Å²) in [6, 6.07) is 0. The van der Waals surface area contributed by atoms with Crippen LogP contribution in [0, 0.1) is 0 Å². The van der Waals surface area contributed by atoms with E-state index in [0.717, 1.165) is 18.5 Å². The molecule has 4 nitrogen and oxygen atoms in total. The van der Waals surface area contributed by atoms with Gasteiger partial charge in [-0.1, -0.05) is 58.3 Å². The van der Waals surface area contributed by atoms with Crippen LogP contribution < -0.4 is 5.73 Å². The van der Waals surface area contributed by atoms with E-state index >= 15 is 0 Å². The lowest BCUT2D eigenvalue weighted by Gasteiger charge is -2.32. The molecule has 0 aromatic heterocycles. The van der Waals surface area contributed by atoms with Crippen LogP contribution in [0.15, 0.2) is 39.7 Å². The van der Waals surface area contributed by atoms with Crippen LogP contribution in [0.3, 0.4) is 0 Å². The molecule has 0 saturated heterocycles. The number of nitrogens with zero attached hydrogens (tertiary/aromatic N) is 1. The lowest BCUT2D eigenvalue weighted by molar-refractivity contribution is 0.0212. The first-order valence-electron chi connectivity index (χ1n) is 10.2. The minimum Gasteiger partial charge on any atom is -0.496 e. The summed E-state index contributed by atoms with van der Waals surface area (Å²) in [6.07, 6.45) is 19.8. The van der Waals surface area contributed by atoms with Gasteiger partial charge in [0.1, 0.15) is 5.76 Å². The minimum atomic E-state index is -0.971. The summed E-state index contributed by atoms with van der Waals surface area (Å²) in [4.78, 5) is 4.66. The first kappa shape index (κ1) is 20.9. The maximum atomic E-state index is 6.31. The molecule has 0 fully saturated rings. The highest BCUT2D eigenvalue weighted by atomic mass is 16.5. The van der Waals surface area contributed by atoms with E-state index in [0.29, 0.717) is 5.76 Å². The molecule has 146 valence electrons. The van der Waals surface area contributed by atoms with Gasteiger partial charge in [0.05, 0.1) is 7.11 Å². The van der Waals surface area contributed by atoms with E-state index in [-0.39, 0.29) is 0 Å². The predicted molar refractivity (Wildman–Crippen MR) is 109 cm³/mol. The van der Waals surface area contributed by atoms with Crippen molar-refractivity contribution in [3.8, 4) is 0 Å². The van der Waals surface area contributed by atoms with E-state index in [9.17, 15) is 0 Å². The molecule has 1 unspecified atom stereocenters. The van der Waals surface area contributed by atoms with Gasteiger partial charge < -0.3 is 9.47 Å². The first-order chi connectivity index (χ1) is 12.6. The van der Waals surface area contributed by atoms with Gasteiger partial charge in [-0.05, 0) is 30.6 Å². The van der Waals surface area contributed by atoms with Crippen LogP contribution in [0.5, 0.6) is 0 Å². The van der Waals surface area contributed by atoms with Crippen molar-refractivity contribution in [2.75, 3.05) is 14.2 Å². The summed E-state index contributed by atoms with van der Waals surface area (Å²) in [7, 11) is 3.25. The number of ether oxygens (including phenoxy) is 2. The standard InChI is InChI=1S/C22H36N2O2/c1-4-5-6-7-8-9-10-11-12-13-20-19-16-21(25-2)22(23,26-3)17-18(19)14-15-24-20/h15-17H,4-14,23H2,1-3H3. The van der Waals surface area contributed by atoms with E-state index < -0.39 is 5.72 Å². The Bertz CT molecular complexity index is 575. The van der Waals surface area contributed by atoms with Gasteiger partial charge in [0.2, 0.25) is 0 Å². The summed E-state index contributed by atoms with van der Waals surface area (Å²) < 4.78 is 10.9. The Balaban J connectivity index is 1.84. The summed E-state index contributed by atoms with van der Waals surface area (Å²) in [5.41, 5.74) is 8.84. The van der Waals surface area contributed by atoms with Crippen LogP contribution in [0.1, 0.15) is 77.6 Å². The molecule has 1 heterocycles. The van der Waals surface area contributed by atoms with Gasteiger partial charge in [-0.25, -0.2) is 0 Å². The largest absolute Gasteiger partial charge is 0.496 e. The normalized spacial score (nSPS) is 22.2. The van der Waals surface area contributed by atoms with E-state index in [4.69, 9.17) is 15.2 Å². The predicted octanol–water partition coefficient (Wildman–Crippen LogP) is 5.41. The van der Waals surface area contributed by atoms with Crippen molar-refractivity contribution in [3.63, 3.8) is 0 Å². The summed E-state index contributed by atoms with van der Waals surface area (Å²) in [5, 5.41) is 0. The number of nitrogens with two attached hydrogens (primary N) is 1. The van der Waals surface area contributed by atoms with Crippen molar-refractivity contribution in [2.24, 2.45) is 10.7 Å². The molecule has 2 aliphatic rings. The molecule has 0 saturated carbocycles. The van der Waals surface area contributed by atoms with Crippen LogP contribution >= 0.6 is 0 Å². The first-order valence-corrected chi connectivity index (χ1v) is 10.2. The average Bonchev–Trinajstić information content (AvgIpc) is 2.66. The third-order valence-electron chi connectivity index (χ3n) is 5.34. The van der Waals surface area contributed by atoms with Gasteiger partial charge >= 0.3 is 0 Å². The summed E-state index contributed by atoms with van der Waals surface area (Å²) in [5.74, 6) is 0.639. The molecule has 0 aromatic rings. The van der Waals surface area contributed by atoms with Gasteiger partial charge in [0.15, 0.2) is 5.72 Å². The average molecular weight is 361 g/mol. The van der Waals surface area contributed by atoms with Crippen LogP contribution in [-0.2, 0) is 9.47 Å².